The zero-order valence-electron chi connectivity index (χ0n) is 7.76. The zero-order valence-corrected chi connectivity index (χ0v) is 8.65. The minimum Gasteiger partial charge on any atom is -0.0637 e. The van der Waals surface area contributed by atoms with Crippen molar-refractivity contribution in [3.8, 4) is 0 Å². The van der Waals surface area contributed by atoms with Crippen LogP contribution in [0.4, 0.5) is 0 Å². The van der Waals surface area contributed by atoms with Crippen molar-refractivity contribution < 1.29 is 0 Å². The number of fused-ring (bicyclic) bond motifs is 1. The fraction of sp³-hybridized carbons (Fsp3) is 0.364. The van der Waals surface area contributed by atoms with Gasteiger partial charge >= 0.3 is 0 Å². The van der Waals surface area contributed by atoms with Gasteiger partial charge in [-0.2, -0.15) is 0 Å². The van der Waals surface area contributed by atoms with Crippen LogP contribution in [-0.4, -0.2) is 5.29 Å². The second-order valence-corrected chi connectivity index (χ2v) is 5.44. The van der Waals surface area contributed by atoms with Crippen molar-refractivity contribution in [2.75, 3.05) is 0 Å². The first-order valence-corrected chi connectivity index (χ1v) is 5.16. The lowest BCUT2D eigenvalue weighted by Gasteiger charge is -2.17. The third-order valence-corrected chi connectivity index (χ3v) is 3.82. The van der Waals surface area contributed by atoms with Crippen LogP contribution in [0.1, 0.15) is 20.8 Å². The summed E-state index contributed by atoms with van der Waals surface area (Å²) in [5.74, 6) is 0. The van der Waals surface area contributed by atoms with Crippen LogP contribution >= 0.6 is 8.20 Å². The predicted octanol–water partition coefficient (Wildman–Crippen LogP) is 3.54. The molecule has 1 heteroatoms. The molecule has 0 aromatic heterocycles. The summed E-state index contributed by atoms with van der Waals surface area (Å²) < 4.78 is 0. The molecule has 0 bridgehead atoms. The lowest BCUT2D eigenvalue weighted by Crippen LogP contribution is -2.14. The SMILES string of the molecule is CC(C)(C)C1=PC2=CC=CC2=C1. The number of hydrogen-bond donors (Lipinski definition) is 0. The maximum Gasteiger partial charge on any atom is 0.00932 e. The van der Waals surface area contributed by atoms with Gasteiger partial charge in [0.05, 0.1) is 0 Å². The van der Waals surface area contributed by atoms with Crippen LogP contribution in [0.15, 0.2) is 35.2 Å². The molecule has 2 aliphatic rings. The van der Waals surface area contributed by atoms with Crippen LogP contribution < -0.4 is 0 Å². The van der Waals surface area contributed by atoms with Gasteiger partial charge in [0.2, 0.25) is 0 Å². The smallest absolute Gasteiger partial charge is 0.00932 e. The molecule has 0 saturated heterocycles. The van der Waals surface area contributed by atoms with Crippen LogP contribution in [0.2, 0.25) is 0 Å². The topological polar surface area (TPSA) is 0 Å². The van der Waals surface area contributed by atoms with E-state index in [0.29, 0.717) is 5.41 Å². The number of allylic oxidation sites excluding steroid dienone is 6. The van der Waals surface area contributed by atoms with Gasteiger partial charge in [0, 0.05) is 5.31 Å². The Hall–Kier alpha value is -0.610. The van der Waals surface area contributed by atoms with Gasteiger partial charge in [-0.3, -0.25) is 0 Å². The van der Waals surface area contributed by atoms with E-state index in [-0.39, 0.29) is 0 Å². The first-order valence-electron chi connectivity index (χ1n) is 4.27. The molecule has 0 nitrogen and oxygen atoms in total. The molecule has 0 fully saturated rings. The Morgan fingerprint density at radius 2 is 2.00 bits per heavy atom. The van der Waals surface area contributed by atoms with Crippen molar-refractivity contribution in [2.24, 2.45) is 5.41 Å². The molecule has 0 aromatic rings. The van der Waals surface area contributed by atoms with Gasteiger partial charge in [-0.05, 0) is 28.4 Å². The molecule has 1 heterocycles. The van der Waals surface area contributed by atoms with Crippen molar-refractivity contribution in [3.05, 3.63) is 35.2 Å². The van der Waals surface area contributed by atoms with Gasteiger partial charge in [-0.15, -0.1) is 0 Å². The third kappa shape index (κ3) is 1.21. The standard InChI is InChI=1S/C11H13P/c1-11(2,3)10-7-8-5-4-6-9(8)12-10/h4-7H,1-3H3. The maximum atomic E-state index is 2.33. The summed E-state index contributed by atoms with van der Waals surface area (Å²) in [5, 5.41) is 3.01. The van der Waals surface area contributed by atoms with Crippen LogP contribution in [-0.2, 0) is 0 Å². The van der Waals surface area contributed by atoms with Crippen LogP contribution in [0.5, 0.6) is 0 Å². The van der Waals surface area contributed by atoms with E-state index in [1.54, 1.807) is 0 Å². The molecular formula is C11H13P. The molecule has 2 rings (SSSR count). The molecule has 0 N–H and O–H groups in total. The fourth-order valence-electron chi connectivity index (χ4n) is 1.34. The Bertz CT molecular complexity index is 333. The second kappa shape index (κ2) is 2.44. The van der Waals surface area contributed by atoms with E-state index < -0.39 is 0 Å². The first-order chi connectivity index (χ1) is 5.57. The molecule has 0 atom stereocenters. The van der Waals surface area contributed by atoms with E-state index in [1.165, 1.54) is 24.4 Å². The highest BCUT2D eigenvalue weighted by Crippen LogP contribution is 2.40. The molecule has 0 radical (unpaired) electrons. The van der Waals surface area contributed by atoms with Crippen molar-refractivity contribution in [3.63, 3.8) is 0 Å². The van der Waals surface area contributed by atoms with E-state index in [4.69, 9.17) is 0 Å². The van der Waals surface area contributed by atoms with E-state index >= 15 is 0 Å². The highest BCUT2D eigenvalue weighted by atomic mass is 31.1. The second-order valence-electron chi connectivity index (χ2n) is 4.26. The average Bonchev–Trinajstić information content (AvgIpc) is 2.37. The Kier molecular flexibility index (Phi) is 1.63. The van der Waals surface area contributed by atoms with Crippen LogP contribution in [0, 0.1) is 5.41 Å². The molecule has 1 aliphatic heterocycles. The quantitative estimate of drug-likeness (QED) is 0.495. The van der Waals surface area contributed by atoms with E-state index in [1.807, 2.05) is 0 Å². The molecule has 0 amide bonds. The maximum absolute atomic E-state index is 2.33. The summed E-state index contributed by atoms with van der Waals surface area (Å²) >= 11 is 0. The summed E-state index contributed by atoms with van der Waals surface area (Å²) in [7, 11) is 1.41. The molecule has 12 heavy (non-hydrogen) atoms. The Balaban J connectivity index is 2.37. The number of rotatable bonds is 0. The zero-order chi connectivity index (χ0) is 8.77. The summed E-state index contributed by atoms with van der Waals surface area (Å²) in [6.45, 7) is 6.83. The number of hydrogen-bond acceptors (Lipinski definition) is 0. The summed E-state index contributed by atoms with van der Waals surface area (Å²) in [6, 6.07) is 0. The molecule has 62 valence electrons. The highest BCUT2D eigenvalue weighted by Gasteiger charge is 2.22. The van der Waals surface area contributed by atoms with Crippen molar-refractivity contribution in [1.29, 1.82) is 0 Å². The van der Waals surface area contributed by atoms with Crippen molar-refractivity contribution in [2.45, 2.75) is 20.8 Å². The van der Waals surface area contributed by atoms with Crippen LogP contribution in [0.3, 0.4) is 0 Å². The highest BCUT2D eigenvalue weighted by molar-refractivity contribution is 7.47. The van der Waals surface area contributed by atoms with E-state index in [0.717, 1.165) is 0 Å². The third-order valence-electron chi connectivity index (χ3n) is 2.13. The lowest BCUT2D eigenvalue weighted by atomic mass is 9.91. The molecule has 0 spiro atoms. The fourth-order valence-corrected chi connectivity index (χ4v) is 2.57. The molecule has 0 unspecified atom stereocenters. The minimum atomic E-state index is 0.327. The largest absolute Gasteiger partial charge is 0.0637 e. The molecule has 0 aromatic carbocycles. The van der Waals surface area contributed by atoms with E-state index in [9.17, 15) is 0 Å². The molecule has 0 saturated carbocycles. The lowest BCUT2D eigenvalue weighted by molar-refractivity contribution is 0.603. The van der Waals surface area contributed by atoms with Gasteiger partial charge in [0.1, 0.15) is 0 Å². The normalized spacial score (nSPS) is 21.8. The predicted molar refractivity (Wildman–Crippen MR) is 56.7 cm³/mol. The van der Waals surface area contributed by atoms with Crippen molar-refractivity contribution in [1.82, 2.24) is 0 Å². The van der Waals surface area contributed by atoms with Crippen LogP contribution in [0.25, 0.3) is 0 Å². The molecule has 1 aliphatic carbocycles. The summed E-state index contributed by atoms with van der Waals surface area (Å²) in [6.07, 6.45) is 8.87. The summed E-state index contributed by atoms with van der Waals surface area (Å²) in [4.78, 5) is 0. The van der Waals surface area contributed by atoms with Gasteiger partial charge in [0.15, 0.2) is 0 Å². The Labute approximate surface area is 75.5 Å². The Morgan fingerprint density at radius 3 is 2.58 bits per heavy atom. The average molecular weight is 176 g/mol. The minimum absolute atomic E-state index is 0.327. The Morgan fingerprint density at radius 1 is 1.25 bits per heavy atom. The molecular weight excluding hydrogens is 163 g/mol. The first kappa shape index (κ1) is 8.01. The van der Waals surface area contributed by atoms with E-state index in [2.05, 4.69) is 45.1 Å². The van der Waals surface area contributed by atoms with Gasteiger partial charge < -0.3 is 0 Å². The van der Waals surface area contributed by atoms with Gasteiger partial charge in [-0.1, -0.05) is 41.1 Å². The summed E-state index contributed by atoms with van der Waals surface area (Å²) in [5.41, 5.74) is 1.75. The monoisotopic (exact) mass is 176 g/mol. The van der Waals surface area contributed by atoms with Gasteiger partial charge in [-0.25, -0.2) is 0 Å². The van der Waals surface area contributed by atoms with Crippen molar-refractivity contribution >= 4 is 13.5 Å². The van der Waals surface area contributed by atoms with Gasteiger partial charge in [0.25, 0.3) is 0 Å².